The molecule has 8 heteroatoms. The fourth-order valence-corrected chi connectivity index (χ4v) is 2.15. The van der Waals surface area contributed by atoms with Crippen LogP contribution in [0.2, 0.25) is 0 Å². The van der Waals surface area contributed by atoms with Gasteiger partial charge in [0, 0.05) is 0 Å². The number of aliphatic hydroxyl groups excluding tert-OH is 3. The van der Waals surface area contributed by atoms with Crippen LogP contribution in [-0.2, 0) is 16.0 Å². The number of carbonyl (C=O) groups is 1. The van der Waals surface area contributed by atoms with Gasteiger partial charge in [0.05, 0.1) is 25.0 Å². The Labute approximate surface area is 114 Å². The van der Waals surface area contributed by atoms with Crippen LogP contribution in [0.4, 0.5) is 0 Å². The van der Waals surface area contributed by atoms with Crippen molar-refractivity contribution in [2.75, 3.05) is 6.61 Å². The molecule has 4 atom stereocenters. The highest BCUT2D eigenvalue weighted by Crippen LogP contribution is 2.30. The Kier molecular flexibility index (Phi) is 4.06. The Morgan fingerprint density at radius 3 is 2.75 bits per heavy atom. The summed E-state index contributed by atoms with van der Waals surface area (Å²) in [5.74, 6) is 1.76. The average molecular weight is 281 g/mol. The van der Waals surface area contributed by atoms with E-state index in [0.717, 1.165) is 0 Å². The van der Waals surface area contributed by atoms with E-state index in [4.69, 9.17) is 22.0 Å². The average Bonchev–Trinajstić information content (AvgIpc) is 2.92. The largest absolute Gasteiger partial charge is 0.394 e. The van der Waals surface area contributed by atoms with Crippen LogP contribution < -0.4 is 5.73 Å². The molecular formula is C12H15N3O5. The predicted molar refractivity (Wildman–Crippen MR) is 66.1 cm³/mol. The second-order valence-electron chi connectivity index (χ2n) is 4.46. The highest BCUT2D eigenvalue weighted by molar-refractivity contribution is 5.76. The first kappa shape index (κ1) is 14.5. The van der Waals surface area contributed by atoms with Crippen molar-refractivity contribution >= 4 is 5.91 Å². The molecule has 8 nitrogen and oxygen atoms in total. The number of terminal acetylenes is 1. The van der Waals surface area contributed by atoms with Crippen LogP contribution in [0.25, 0.3) is 0 Å². The van der Waals surface area contributed by atoms with Gasteiger partial charge in [0.25, 0.3) is 0 Å². The summed E-state index contributed by atoms with van der Waals surface area (Å²) in [5, 5.41) is 28.7. The van der Waals surface area contributed by atoms with Crippen LogP contribution in [0.3, 0.4) is 0 Å². The summed E-state index contributed by atoms with van der Waals surface area (Å²) < 4.78 is 6.68. The van der Waals surface area contributed by atoms with Gasteiger partial charge in [-0.15, -0.1) is 6.42 Å². The monoisotopic (exact) mass is 281 g/mol. The molecule has 0 unspecified atom stereocenters. The van der Waals surface area contributed by atoms with Crippen molar-refractivity contribution in [2.24, 2.45) is 5.73 Å². The number of aliphatic hydroxyl groups is 3. The van der Waals surface area contributed by atoms with E-state index in [1.54, 1.807) is 0 Å². The molecule has 0 saturated carbocycles. The molecular weight excluding hydrogens is 266 g/mol. The molecule has 0 spiro atoms. The number of ether oxygens (including phenoxy) is 1. The molecule has 20 heavy (non-hydrogen) atoms. The number of hydrogen-bond acceptors (Lipinski definition) is 6. The number of hydrogen-bond donors (Lipinski definition) is 4. The fraction of sp³-hybridized carbons (Fsp3) is 0.500. The second kappa shape index (κ2) is 5.60. The van der Waals surface area contributed by atoms with Gasteiger partial charge in [-0.3, -0.25) is 9.36 Å². The molecule has 1 amide bonds. The highest BCUT2D eigenvalue weighted by atomic mass is 16.6. The van der Waals surface area contributed by atoms with Crippen molar-refractivity contribution in [2.45, 2.75) is 31.0 Å². The maximum Gasteiger partial charge on any atom is 0.223 e. The number of primary amides is 1. The molecule has 1 fully saturated rings. The Balaban J connectivity index is 2.32. The lowest BCUT2D eigenvalue weighted by Crippen LogP contribution is -2.33. The van der Waals surface area contributed by atoms with E-state index in [0.29, 0.717) is 0 Å². The second-order valence-corrected chi connectivity index (χ2v) is 4.46. The first-order valence-electron chi connectivity index (χ1n) is 5.92. The Morgan fingerprint density at radius 1 is 1.55 bits per heavy atom. The Bertz CT molecular complexity index is 550. The Morgan fingerprint density at radius 2 is 2.25 bits per heavy atom. The van der Waals surface area contributed by atoms with E-state index in [1.807, 2.05) is 0 Å². The molecule has 1 aliphatic rings. The van der Waals surface area contributed by atoms with Crippen LogP contribution in [0.15, 0.2) is 6.33 Å². The van der Waals surface area contributed by atoms with E-state index in [9.17, 15) is 15.0 Å². The predicted octanol–water partition coefficient (Wildman–Crippen LogP) is -2.50. The van der Waals surface area contributed by atoms with Crippen LogP contribution in [0.1, 0.15) is 17.6 Å². The summed E-state index contributed by atoms with van der Waals surface area (Å²) in [6.07, 6.45) is 2.13. The van der Waals surface area contributed by atoms with Crippen molar-refractivity contribution < 1.29 is 24.9 Å². The molecule has 108 valence electrons. The van der Waals surface area contributed by atoms with Gasteiger partial charge >= 0.3 is 0 Å². The molecule has 2 heterocycles. The molecule has 1 aromatic rings. The standard InChI is InChI=1S/C12H15N3O5/c1-2-7-6(3-9(13)17)14-5-15(7)12-11(19)10(18)8(4-16)20-12/h1,5,8,10-12,16,18-19H,3-4H2,(H2,13,17)/t8-,10-,11-,12-/m1/s1. The van der Waals surface area contributed by atoms with Gasteiger partial charge in [-0.1, -0.05) is 5.92 Å². The summed E-state index contributed by atoms with van der Waals surface area (Å²) in [6, 6.07) is 0. The minimum absolute atomic E-state index is 0.138. The van der Waals surface area contributed by atoms with E-state index in [1.165, 1.54) is 10.9 Å². The van der Waals surface area contributed by atoms with Gasteiger partial charge in [0.2, 0.25) is 5.91 Å². The van der Waals surface area contributed by atoms with Gasteiger partial charge in [-0.05, 0) is 0 Å². The summed E-state index contributed by atoms with van der Waals surface area (Å²) in [4.78, 5) is 14.9. The zero-order valence-corrected chi connectivity index (χ0v) is 10.5. The SMILES string of the molecule is C#Cc1c(CC(N)=O)ncn1[C@@H]1O[C@H](CO)[C@@H](O)[C@H]1O. The molecule has 1 aromatic heterocycles. The molecule has 1 saturated heterocycles. The van der Waals surface area contributed by atoms with Gasteiger partial charge in [0.15, 0.2) is 6.23 Å². The van der Waals surface area contributed by atoms with Gasteiger partial charge in [0.1, 0.15) is 24.0 Å². The molecule has 5 N–H and O–H groups in total. The zero-order chi connectivity index (χ0) is 14.9. The first-order valence-corrected chi connectivity index (χ1v) is 5.92. The van der Waals surface area contributed by atoms with Crippen LogP contribution in [0.5, 0.6) is 0 Å². The third-order valence-corrected chi connectivity index (χ3v) is 3.14. The van der Waals surface area contributed by atoms with Gasteiger partial charge in [-0.25, -0.2) is 4.98 Å². The lowest BCUT2D eigenvalue weighted by molar-refractivity contribution is -0.117. The fourth-order valence-electron chi connectivity index (χ4n) is 2.15. The lowest BCUT2D eigenvalue weighted by Gasteiger charge is -2.17. The van der Waals surface area contributed by atoms with Crippen molar-refractivity contribution in [3.8, 4) is 12.3 Å². The maximum atomic E-state index is 10.9. The maximum absolute atomic E-state index is 10.9. The number of amides is 1. The third-order valence-electron chi connectivity index (χ3n) is 3.14. The van der Waals surface area contributed by atoms with Crippen LogP contribution >= 0.6 is 0 Å². The van der Waals surface area contributed by atoms with Crippen LogP contribution in [-0.4, -0.2) is 55.7 Å². The molecule has 0 aromatic carbocycles. The van der Waals surface area contributed by atoms with E-state index in [2.05, 4.69) is 10.9 Å². The van der Waals surface area contributed by atoms with Crippen molar-refractivity contribution in [3.05, 3.63) is 17.7 Å². The van der Waals surface area contributed by atoms with Crippen molar-refractivity contribution in [1.29, 1.82) is 0 Å². The topological polar surface area (TPSA) is 131 Å². The number of nitrogens with two attached hydrogens (primary N) is 1. The summed E-state index contributed by atoms with van der Waals surface area (Å²) in [6.45, 7) is -0.442. The zero-order valence-electron chi connectivity index (χ0n) is 10.5. The minimum atomic E-state index is -1.27. The smallest absolute Gasteiger partial charge is 0.223 e. The molecule has 0 bridgehead atoms. The normalized spacial score (nSPS) is 29.3. The lowest BCUT2D eigenvalue weighted by atomic mass is 10.1. The molecule has 2 rings (SSSR count). The van der Waals surface area contributed by atoms with E-state index in [-0.39, 0.29) is 17.8 Å². The first-order chi connectivity index (χ1) is 9.49. The number of nitrogens with zero attached hydrogens (tertiary/aromatic N) is 2. The number of carbonyl (C=O) groups excluding carboxylic acids is 1. The Hall–Kier alpha value is -1.92. The number of imidazole rings is 1. The molecule has 1 aliphatic heterocycles. The number of rotatable bonds is 4. The summed E-state index contributed by atoms with van der Waals surface area (Å²) in [5.41, 5.74) is 5.62. The molecule has 0 radical (unpaired) electrons. The highest BCUT2D eigenvalue weighted by Gasteiger charge is 2.44. The molecule has 0 aliphatic carbocycles. The quantitative estimate of drug-likeness (QED) is 0.451. The number of aromatic nitrogens is 2. The van der Waals surface area contributed by atoms with Crippen LogP contribution in [0, 0.1) is 12.3 Å². The summed E-state index contributed by atoms with van der Waals surface area (Å²) >= 11 is 0. The minimum Gasteiger partial charge on any atom is -0.394 e. The third kappa shape index (κ3) is 2.39. The van der Waals surface area contributed by atoms with E-state index < -0.39 is 37.1 Å². The van der Waals surface area contributed by atoms with Gasteiger partial charge in [-0.2, -0.15) is 0 Å². The van der Waals surface area contributed by atoms with E-state index >= 15 is 0 Å². The van der Waals surface area contributed by atoms with Crippen molar-refractivity contribution in [3.63, 3.8) is 0 Å². The summed E-state index contributed by atoms with van der Waals surface area (Å²) in [7, 11) is 0. The van der Waals surface area contributed by atoms with Crippen molar-refractivity contribution in [1.82, 2.24) is 9.55 Å². The van der Waals surface area contributed by atoms with Gasteiger partial charge < -0.3 is 25.8 Å².